The second-order valence-corrected chi connectivity index (χ2v) is 7.99. The molecule has 0 radical (unpaired) electrons. The minimum Gasteiger partial charge on any atom is -0.490 e. The van der Waals surface area contributed by atoms with E-state index in [1.165, 1.54) is 6.07 Å². The highest BCUT2D eigenvalue weighted by Gasteiger charge is 2.25. The molecule has 4 rings (SSSR count). The van der Waals surface area contributed by atoms with Crippen molar-refractivity contribution < 1.29 is 18.3 Å². The fraction of sp³-hybridized carbons (Fsp3) is 0.273. The Morgan fingerprint density at radius 1 is 1.07 bits per heavy atom. The van der Waals surface area contributed by atoms with Crippen molar-refractivity contribution in [2.45, 2.75) is 37.8 Å². The Hall–Kier alpha value is -2.54. The van der Waals surface area contributed by atoms with Gasteiger partial charge in [0.1, 0.15) is 5.75 Å². The fourth-order valence-electron chi connectivity index (χ4n) is 3.63. The van der Waals surface area contributed by atoms with Crippen LogP contribution in [-0.2, 0) is 0 Å². The maximum Gasteiger partial charge on any atom is 0.251 e. The zero-order valence-corrected chi connectivity index (χ0v) is 17.1. The predicted molar refractivity (Wildman–Crippen MR) is 110 cm³/mol. The van der Waals surface area contributed by atoms with Crippen LogP contribution in [-0.4, -0.2) is 23.0 Å². The number of nitrogens with zero attached hydrogens (tertiary/aromatic N) is 1. The number of hydrogen-bond acceptors (Lipinski definition) is 3. The van der Waals surface area contributed by atoms with E-state index in [9.17, 15) is 13.6 Å². The van der Waals surface area contributed by atoms with Crippen molar-refractivity contribution in [1.82, 2.24) is 10.3 Å². The molecule has 1 aliphatic rings. The highest BCUT2D eigenvalue weighted by Crippen LogP contribution is 2.31. The molecule has 0 saturated heterocycles. The number of hydrogen-bond donors (Lipinski definition) is 1. The number of halogens is 3. The SMILES string of the molecule is O=C(NC1CCC(Oc2ccnc3c(Br)cccc23)CC1)c1ccc(F)c(F)c1. The van der Waals surface area contributed by atoms with Gasteiger partial charge < -0.3 is 10.1 Å². The number of ether oxygens (including phenoxy) is 1. The lowest BCUT2D eigenvalue weighted by molar-refractivity contribution is 0.0894. The number of carbonyl (C=O) groups excluding carboxylic acids is 1. The van der Waals surface area contributed by atoms with Crippen molar-refractivity contribution in [3.63, 3.8) is 0 Å². The second kappa shape index (κ2) is 8.45. The highest BCUT2D eigenvalue weighted by atomic mass is 79.9. The zero-order valence-electron chi connectivity index (χ0n) is 15.5. The number of rotatable bonds is 4. The molecule has 4 nitrogen and oxygen atoms in total. The summed E-state index contributed by atoms with van der Waals surface area (Å²) in [5.74, 6) is -1.58. The number of benzene rings is 2. The number of aromatic nitrogens is 1. The van der Waals surface area contributed by atoms with E-state index in [0.29, 0.717) is 0 Å². The van der Waals surface area contributed by atoms with Crippen LogP contribution in [0.25, 0.3) is 10.9 Å². The summed E-state index contributed by atoms with van der Waals surface area (Å²) in [7, 11) is 0. The number of pyridine rings is 1. The molecule has 1 aromatic heterocycles. The van der Waals surface area contributed by atoms with Gasteiger partial charge in [-0.3, -0.25) is 9.78 Å². The summed E-state index contributed by atoms with van der Waals surface area (Å²) in [6.45, 7) is 0. The van der Waals surface area contributed by atoms with Gasteiger partial charge in [-0.2, -0.15) is 0 Å². The molecule has 7 heteroatoms. The van der Waals surface area contributed by atoms with Crippen LogP contribution in [0, 0.1) is 11.6 Å². The van der Waals surface area contributed by atoms with Crippen LogP contribution < -0.4 is 10.1 Å². The molecule has 1 heterocycles. The molecule has 0 aliphatic heterocycles. The molecule has 29 heavy (non-hydrogen) atoms. The first-order valence-electron chi connectivity index (χ1n) is 9.47. The van der Waals surface area contributed by atoms with Gasteiger partial charge >= 0.3 is 0 Å². The van der Waals surface area contributed by atoms with E-state index >= 15 is 0 Å². The average molecular weight is 461 g/mol. The Kier molecular flexibility index (Phi) is 5.76. The van der Waals surface area contributed by atoms with Gasteiger partial charge in [0.2, 0.25) is 0 Å². The first-order chi connectivity index (χ1) is 14.0. The fourth-order valence-corrected chi connectivity index (χ4v) is 4.10. The first-order valence-corrected chi connectivity index (χ1v) is 10.3. The Bertz CT molecular complexity index is 1050. The Balaban J connectivity index is 1.36. The van der Waals surface area contributed by atoms with Gasteiger partial charge in [-0.05, 0) is 78.0 Å². The van der Waals surface area contributed by atoms with Crippen LogP contribution in [0.5, 0.6) is 5.75 Å². The number of amides is 1. The van der Waals surface area contributed by atoms with E-state index in [1.807, 2.05) is 24.3 Å². The normalized spacial score (nSPS) is 19.1. The van der Waals surface area contributed by atoms with Crippen LogP contribution in [0.1, 0.15) is 36.0 Å². The van der Waals surface area contributed by atoms with Gasteiger partial charge in [0.05, 0.1) is 11.6 Å². The average Bonchev–Trinajstić information content (AvgIpc) is 2.72. The van der Waals surface area contributed by atoms with Gasteiger partial charge in [0.15, 0.2) is 11.6 Å². The maximum atomic E-state index is 13.3. The van der Waals surface area contributed by atoms with Crippen molar-refractivity contribution in [2.24, 2.45) is 0 Å². The van der Waals surface area contributed by atoms with Gasteiger partial charge in [-0.1, -0.05) is 6.07 Å². The van der Waals surface area contributed by atoms with Crippen LogP contribution in [0.4, 0.5) is 8.78 Å². The lowest BCUT2D eigenvalue weighted by Crippen LogP contribution is -2.39. The molecule has 3 aromatic rings. The van der Waals surface area contributed by atoms with E-state index in [4.69, 9.17) is 4.74 Å². The third-order valence-corrected chi connectivity index (χ3v) is 5.81. The summed E-state index contributed by atoms with van der Waals surface area (Å²) in [4.78, 5) is 16.7. The minimum atomic E-state index is -1.02. The summed E-state index contributed by atoms with van der Waals surface area (Å²) in [5, 5.41) is 3.86. The summed E-state index contributed by atoms with van der Waals surface area (Å²) in [6.07, 6.45) is 4.88. The van der Waals surface area contributed by atoms with Crippen LogP contribution >= 0.6 is 15.9 Å². The van der Waals surface area contributed by atoms with E-state index in [1.54, 1.807) is 6.20 Å². The molecule has 1 amide bonds. The summed E-state index contributed by atoms with van der Waals surface area (Å²) < 4.78 is 33.5. The number of para-hydroxylation sites is 1. The van der Waals surface area contributed by atoms with Gasteiger partial charge in [0.25, 0.3) is 5.91 Å². The van der Waals surface area contributed by atoms with Crippen molar-refractivity contribution in [3.05, 3.63) is 70.3 Å². The summed E-state index contributed by atoms with van der Waals surface area (Å²) in [6, 6.07) is 10.9. The Labute approximate surface area is 175 Å². The second-order valence-electron chi connectivity index (χ2n) is 7.14. The topological polar surface area (TPSA) is 51.2 Å². The van der Waals surface area contributed by atoms with Crippen LogP contribution in [0.15, 0.2) is 53.1 Å². The Morgan fingerprint density at radius 3 is 2.62 bits per heavy atom. The minimum absolute atomic E-state index is 0.0150. The largest absolute Gasteiger partial charge is 0.490 e. The molecule has 2 aromatic carbocycles. The van der Waals surface area contributed by atoms with Gasteiger partial charge in [-0.15, -0.1) is 0 Å². The van der Waals surface area contributed by atoms with E-state index in [0.717, 1.165) is 58.9 Å². The lowest BCUT2D eigenvalue weighted by atomic mass is 9.92. The summed E-state index contributed by atoms with van der Waals surface area (Å²) in [5.41, 5.74) is 0.980. The molecule has 0 spiro atoms. The van der Waals surface area contributed by atoms with Gasteiger partial charge in [0, 0.05) is 27.7 Å². The smallest absolute Gasteiger partial charge is 0.251 e. The molecule has 1 aliphatic carbocycles. The first kappa shape index (κ1) is 19.8. The lowest BCUT2D eigenvalue weighted by Gasteiger charge is -2.29. The van der Waals surface area contributed by atoms with Crippen molar-refractivity contribution in [3.8, 4) is 5.75 Å². The molecular formula is C22H19BrF2N2O2. The molecule has 1 N–H and O–H groups in total. The molecule has 0 unspecified atom stereocenters. The third kappa shape index (κ3) is 4.40. The zero-order chi connectivity index (χ0) is 20.4. The summed E-state index contributed by atoms with van der Waals surface area (Å²) >= 11 is 3.51. The molecule has 0 bridgehead atoms. The highest BCUT2D eigenvalue weighted by molar-refractivity contribution is 9.10. The van der Waals surface area contributed by atoms with E-state index in [-0.39, 0.29) is 17.7 Å². The predicted octanol–water partition coefficient (Wildman–Crippen LogP) is 5.40. The molecule has 1 fully saturated rings. The van der Waals surface area contributed by atoms with Crippen molar-refractivity contribution in [2.75, 3.05) is 0 Å². The maximum absolute atomic E-state index is 13.3. The molecular weight excluding hydrogens is 442 g/mol. The number of carbonyl (C=O) groups is 1. The Morgan fingerprint density at radius 2 is 1.86 bits per heavy atom. The number of nitrogens with one attached hydrogen (secondary N) is 1. The quantitative estimate of drug-likeness (QED) is 0.567. The van der Waals surface area contributed by atoms with Gasteiger partial charge in [-0.25, -0.2) is 8.78 Å². The molecule has 150 valence electrons. The molecule has 1 saturated carbocycles. The number of fused-ring (bicyclic) bond motifs is 1. The van der Waals surface area contributed by atoms with Crippen LogP contribution in [0.2, 0.25) is 0 Å². The van der Waals surface area contributed by atoms with Crippen molar-refractivity contribution in [1.29, 1.82) is 0 Å². The van der Waals surface area contributed by atoms with E-state index < -0.39 is 17.5 Å². The third-order valence-electron chi connectivity index (χ3n) is 5.17. The van der Waals surface area contributed by atoms with Crippen LogP contribution in [0.3, 0.4) is 0 Å². The standard InChI is InChI=1S/C22H19BrF2N2O2/c23-17-3-1-2-16-20(10-11-26-21(16)17)29-15-7-5-14(6-8-15)27-22(28)13-4-9-18(24)19(25)12-13/h1-4,9-12,14-15H,5-8H2,(H,27,28). The van der Waals surface area contributed by atoms with Crippen molar-refractivity contribution >= 4 is 32.7 Å². The monoisotopic (exact) mass is 460 g/mol. The van der Waals surface area contributed by atoms with E-state index in [2.05, 4.69) is 26.2 Å². The molecule has 0 atom stereocenters.